The molecule has 4 atom stereocenters. The number of aromatic nitrogens is 3. The first-order chi connectivity index (χ1) is 14.5. The molecule has 11 heteroatoms. The molecule has 4 heterocycles. The molecule has 3 N–H and O–H groups in total. The maximum atomic E-state index is 9.85. The van der Waals surface area contributed by atoms with Crippen LogP contribution in [0.25, 0.3) is 11.2 Å². The quantitative estimate of drug-likeness (QED) is 0.524. The Labute approximate surface area is 186 Å². The number of aliphatic hydroxyl groups is 1. The lowest BCUT2D eigenvalue weighted by Gasteiger charge is -2.15. The van der Waals surface area contributed by atoms with E-state index in [1.807, 2.05) is 0 Å². The zero-order chi connectivity index (χ0) is 20.8. The monoisotopic (exact) mass is 470 g/mol. The van der Waals surface area contributed by atoms with Gasteiger partial charge in [-0.15, -0.1) is 0 Å². The van der Waals surface area contributed by atoms with Crippen molar-refractivity contribution in [1.29, 1.82) is 0 Å². The fraction of sp³-hybridized carbons (Fsp3) is 0.368. The minimum atomic E-state index is -0.639. The number of nitrogens with one attached hydrogen (secondary N) is 2. The van der Waals surface area contributed by atoms with Crippen LogP contribution in [0, 0.1) is 0 Å². The van der Waals surface area contributed by atoms with Gasteiger partial charge in [0.25, 0.3) is 6.01 Å². The number of aromatic amines is 1. The molecule has 0 bridgehead atoms. The van der Waals surface area contributed by atoms with Gasteiger partial charge in [-0.3, -0.25) is 0 Å². The van der Waals surface area contributed by atoms with Crippen LogP contribution < -0.4 is 10.1 Å². The summed E-state index contributed by atoms with van der Waals surface area (Å²) < 4.78 is 17.0. The van der Waals surface area contributed by atoms with E-state index >= 15 is 0 Å². The van der Waals surface area contributed by atoms with Crippen LogP contribution in [-0.2, 0) is 16.0 Å². The zero-order valence-electron chi connectivity index (χ0n) is 15.4. The van der Waals surface area contributed by atoms with Gasteiger partial charge in [0.2, 0.25) is 0 Å². The highest BCUT2D eigenvalue weighted by Crippen LogP contribution is 2.31. The van der Waals surface area contributed by atoms with Gasteiger partial charge in [-0.25, -0.2) is 4.98 Å². The number of imidazole rings is 1. The van der Waals surface area contributed by atoms with Crippen molar-refractivity contribution < 1.29 is 19.3 Å². The van der Waals surface area contributed by atoms with E-state index in [0.717, 1.165) is 5.56 Å². The van der Waals surface area contributed by atoms with Gasteiger partial charge in [-0.05, 0) is 18.2 Å². The van der Waals surface area contributed by atoms with Gasteiger partial charge in [0.1, 0.15) is 24.1 Å². The van der Waals surface area contributed by atoms with E-state index in [0.29, 0.717) is 45.2 Å². The maximum absolute atomic E-state index is 9.85. The number of pyridine rings is 1. The number of ether oxygens (including phenoxy) is 3. The zero-order valence-corrected chi connectivity index (χ0v) is 17.7. The minimum absolute atomic E-state index is 0.233. The normalized spacial score (nSPS) is 25.6. The van der Waals surface area contributed by atoms with Gasteiger partial charge >= 0.3 is 0 Å². The molecule has 0 radical (unpaired) electrons. The Morgan fingerprint density at radius 2 is 1.87 bits per heavy atom. The van der Waals surface area contributed by atoms with Crippen LogP contribution >= 0.6 is 34.8 Å². The van der Waals surface area contributed by atoms with E-state index in [-0.39, 0.29) is 30.9 Å². The van der Waals surface area contributed by atoms with Gasteiger partial charge < -0.3 is 29.6 Å². The standard InChI is InChI=1S/C19H17Cl3N4O4/c20-9-2-1-3-10(21)8(9)5-23-17-11(22)4-12-18(25-17)26-19(24-12)30-14-7-29-15-13(27)6-28-16(14)15/h1-4,13-16,27H,5-7H2,(H2,23,24,25,26)/t13-,14-,15-,16-/m1/s1. The van der Waals surface area contributed by atoms with Crippen LogP contribution in [-0.4, -0.2) is 57.7 Å². The van der Waals surface area contributed by atoms with E-state index in [2.05, 4.69) is 20.3 Å². The summed E-state index contributed by atoms with van der Waals surface area (Å²) in [7, 11) is 0. The molecule has 2 aromatic heterocycles. The summed E-state index contributed by atoms with van der Waals surface area (Å²) >= 11 is 18.8. The first-order valence-electron chi connectivity index (χ1n) is 9.30. The van der Waals surface area contributed by atoms with E-state index < -0.39 is 6.10 Å². The molecule has 0 unspecified atom stereocenters. The van der Waals surface area contributed by atoms with E-state index in [9.17, 15) is 5.11 Å². The average molecular weight is 472 g/mol. The van der Waals surface area contributed by atoms with Gasteiger partial charge in [-0.1, -0.05) is 40.9 Å². The second-order valence-corrected chi connectivity index (χ2v) is 8.33. The molecule has 2 aliphatic rings. The molecule has 0 saturated carbocycles. The van der Waals surface area contributed by atoms with Crippen molar-refractivity contribution in [3.05, 3.63) is 44.9 Å². The second kappa shape index (κ2) is 8.03. The highest BCUT2D eigenvalue weighted by molar-refractivity contribution is 6.36. The lowest BCUT2D eigenvalue weighted by atomic mass is 10.1. The number of H-pyrrole nitrogens is 1. The smallest absolute Gasteiger partial charge is 0.296 e. The maximum Gasteiger partial charge on any atom is 0.296 e. The molecule has 0 spiro atoms. The summed E-state index contributed by atoms with van der Waals surface area (Å²) in [4.78, 5) is 11.9. The van der Waals surface area contributed by atoms with Crippen molar-refractivity contribution in [3.63, 3.8) is 0 Å². The molecular weight excluding hydrogens is 455 g/mol. The Bertz CT molecular complexity index is 1070. The molecule has 0 amide bonds. The van der Waals surface area contributed by atoms with Crippen LogP contribution in [0.1, 0.15) is 5.56 Å². The Morgan fingerprint density at radius 3 is 2.67 bits per heavy atom. The molecular formula is C19H17Cl3N4O4. The Balaban J connectivity index is 1.33. The Hall–Kier alpha value is -1.81. The third-order valence-electron chi connectivity index (χ3n) is 5.14. The van der Waals surface area contributed by atoms with E-state index in [4.69, 9.17) is 49.0 Å². The lowest BCUT2D eigenvalue weighted by molar-refractivity contribution is 0.00706. The van der Waals surface area contributed by atoms with Gasteiger partial charge in [0.15, 0.2) is 11.8 Å². The van der Waals surface area contributed by atoms with Crippen molar-refractivity contribution in [2.45, 2.75) is 31.0 Å². The van der Waals surface area contributed by atoms with Crippen LogP contribution in [0.2, 0.25) is 15.1 Å². The summed E-state index contributed by atoms with van der Waals surface area (Å²) in [6.45, 7) is 0.895. The van der Waals surface area contributed by atoms with E-state index in [1.165, 1.54) is 0 Å². The molecule has 2 fully saturated rings. The first kappa shape index (κ1) is 20.1. The van der Waals surface area contributed by atoms with Crippen LogP contribution in [0.4, 0.5) is 5.82 Å². The number of benzene rings is 1. The third-order valence-corrected chi connectivity index (χ3v) is 6.14. The number of hydrogen-bond acceptors (Lipinski definition) is 7. The van der Waals surface area contributed by atoms with Crippen molar-refractivity contribution in [2.75, 3.05) is 18.5 Å². The molecule has 1 aromatic carbocycles. The first-order valence-corrected chi connectivity index (χ1v) is 10.4. The summed E-state index contributed by atoms with van der Waals surface area (Å²) in [5.41, 5.74) is 1.81. The summed E-state index contributed by atoms with van der Waals surface area (Å²) in [5.74, 6) is 0.449. The number of hydrogen-bond donors (Lipinski definition) is 3. The van der Waals surface area contributed by atoms with Crippen molar-refractivity contribution in [1.82, 2.24) is 15.0 Å². The lowest BCUT2D eigenvalue weighted by Crippen LogP contribution is -2.34. The van der Waals surface area contributed by atoms with Crippen LogP contribution in [0.3, 0.4) is 0 Å². The van der Waals surface area contributed by atoms with Crippen LogP contribution in [0.15, 0.2) is 24.3 Å². The van der Waals surface area contributed by atoms with Gasteiger partial charge in [0.05, 0.1) is 23.8 Å². The summed E-state index contributed by atoms with van der Waals surface area (Å²) in [5, 5.41) is 14.5. The topological polar surface area (TPSA) is 102 Å². The Morgan fingerprint density at radius 1 is 1.10 bits per heavy atom. The fourth-order valence-electron chi connectivity index (χ4n) is 3.64. The number of nitrogens with zero attached hydrogens (tertiary/aromatic N) is 2. The SMILES string of the molecule is O[C@@H]1CO[C@H]2[C@@H]1OC[C@H]2Oc1nc2nc(NCc3c(Cl)cccc3Cl)c(Cl)cc2[nH]1. The molecule has 2 aliphatic heterocycles. The largest absolute Gasteiger partial charge is 0.456 e. The second-order valence-electron chi connectivity index (χ2n) is 7.11. The Kier molecular flexibility index (Phi) is 5.38. The van der Waals surface area contributed by atoms with E-state index in [1.54, 1.807) is 24.3 Å². The van der Waals surface area contributed by atoms with Crippen LogP contribution in [0.5, 0.6) is 6.01 Å². The minimum Gasteiger partial charge on any atom is -0.456 e. The molecule has 2 saturated heterocycles. The summed E-state index contributed by atoms with van der Waals surface area (Å²) in [6.07, 6.45) is -1.72. The number of aliphatic hydroxyl groups excluding tert-OH is 1. The highest BCUT2D eigenvalue weighted by atomic mass is 35.5. The van der Waals surface area contributed by atoms with Crippen molar-refractivity contribution in [2.24, 2.45) is 0 Å². The molecule has 8 nitrogen and oxygen atoms in total. The third kappa shape index (κ3) is 3.68. The molecule has 3 aromatic rings. The fourth-order valence-corrected chi connectivity index (χ4v) is 4.39. The predicted octanol–water partition coefficient (Wildman–Crippen LogP) is 3.44. The number of rotatable bonds is 5. The molecule has 5 rings (SSSR count). The van der Waals surface area contributed by atoms with Crippen molar-refractivity contribution >= 4 is 51.8 Å². The average Bonchev–Trinajstić information content (AvgIpc) is 3.39. The molecule has 30 heavy (non-hydrogen) atoms. The van der Waals surface area contributed by atoms with Gasteiger partial charge in [-0.2, -0.15) is 4.98 Å². The van der Waals surface area contributed by atoms with Gasteiger partial charge in [0, 0.05) is 22.2 Å². The molecule has 0 aliphatic carbocycles. The number of fused-ring (bicyclic) bond motifs is 2. The number of halogens is 3. The highest BCUT2D eigenvalue weighted by Gasteiger charge is 2.48. The van der Waals surface area contributed by atoms with Crippen molar-refractivity contribution in [3.8, 4) is 6.01 Å². The predicted molar refractivity (Wildman–Crippen MR) is 113 cm³/mol. The molecule has 158 valence electrons. The summed E-state index contributed by atoms with van der Waals surface area (Å²) in [6, 6.07) is 7.31. The number of anilines is 1.